The predicted octanol–water partition coefficient (Wildman–Crippen LogP) is 2.94. The van der Waals surface area contributed by atoms with E-state index in [-0.39, 0.29) is 5.91 Å². The molecule has 1 saturated heterocycles. The first-order chi connectivity index (χ1) is 13.0. The van der Waals surface area contributed by atoms with Gasteiger partial charge in [-0.05, 0) is 75.6 Å². The first kappa shape index (κ1) is 21.1. The number of carbonyl (C=O) groups excluding carboxylic acids is 1. The highest BCUT2D eigenvalue weighted by Crippen LogP contribution is 2.19. The average molecular weight is 373 g/mol. The summed E-state index contributed by atoms with van der Waals surface area (Å²) in [5, 5.41) is 13.8. The van der Waals surface area contributed by atoms with Gasteiger partial charge in [0.15, 0.2) is 0 Å². The van der Waals surface area contributed by atoms with Crippen LogP contribution in [0.3, 0.4) is 0 Å². The van der Waals surface area contributed by atoms with E-state index >= 15 is 0 Å². The van der Waals surface area contributed by atoms with Gasteiger partial charge in [0.25, 0.3) is 11.9 Å². The standard InChI is InChI=1S/C19H27N3O.C2H4O2/c23-19(22-9-7-15-4-2-1-3-5-15)18-11-17(13-21-14-18)10-16-6-8-20-12-16;1-2(3)4/h4,11,13-14,16,20H,1-3,5-10,12H2,(H,22,23);1H3,(H,3,4). The number of allylic oxidation sites excluding steroid dienone is 1. The lowest BCUT2D eigenvalue weighted by atomic mass is 9.97. The third-order valence-corrected chi connectivity index (χ3v) is 4.86. The molecular formula is C21H31N3O3. The number of nitrogens with zero attached hydrogens (tertiary/aromatic N) is 1. The van der Waals surface area contributed by atoms with Gasteiger partial charge in [0.1, 0.15) is 0 Å². The molecule has 1 aromatic rings. The van der Waals surface area contributed by atoms with Crippen LogP contribution in [0.1, 0.15) is 61.4 Å². The van der Waals surface area contributed by atoms with Crippen molar-refractivity contribution < 1.29 is 14.7 Å². The largest absolute Gasteiger partial charge is 0.481 e. The van der Waals surface area contributed by atoms with Crippen LogP contribution in [0.2, 0.25) is 0 Å². The molecule has 148 valence electrons. The number of aromatic nitrogens is 1. The highest BCUT2D eigenvalue weighted by atomic mass is 16.4. The molecule has 3 N–H and O–H groups in total. The Balaban J connectivity index is 0.000000596. The molecule has 1 aliphatic carbocycles. The molecule has 27 heavy (non-hydrogen) atoms. The molecule has 0 saturated carbocycles. The van der Waals surface area contributed by atoms with E-state index < -0.39 is 5.97 Å². The van der Waals surface area contributed by atoms with Gasteiger partial charge in [-0.1, -0.05) is 11.6 Å². The second-order valence-electron chi connectivity index (χ2n) is 7.28. The van der Waals surface area contributed by atoms with Gasteiger partial charge in [0, 0.05) is 25.9 Å². The molecule has 6 heteroatoms. The highest BCUT2D eigenvalue weighted by molar-refractivity contribution is 5.94. The van der Waals surface area contributed by atoms with Gasteiger partial charge >= 0.3 is 0 Å². The van der Waals surface area contributed by atoms with Crippen molar-refractivity contribution in [3.8, 4) is 0 Å². The molecule has 0 radical (unpaired) electrons. The van der Waals surface area contributed by atoms with E-state index in [4.69, 9.17) is 9.90 Å². The monoisotopic (exact) mass is 373 g/mol. The van der Waals surface area contributed by atoms with E-state index in [1.165, 1.54) is 43.2 Å². The van der Waals surface area contributed by atoms with Crippen LogP contribution in [0.25, 0.3) is 0 Å². The van der Waals surface area contributed by atoms with Crippen LogP contribution >= 0.6 is 0 Å². The van der Waals surface area contributed by atoms with Crippen molar-refractivity contribution in [2.75, 3.05) is 19.6 Å². The molecule has 0 bridgehead atoms. The van der Waals surface area contributed by atoms with Gasteiger partial charge in [-0.2, -0.15) is 0 Å². The minimum absolute atomic E-state index is 0.000284. The summed E-state index contributed by atoms with van der Waals surface area (Å²) in [5.74, 6) is -0.159. The number of carboxylic acids is 1. The molecule has 1 atom stereocenters. The molecule has 1 unspecified atom stereocenters. The molecule has 3 rings (SSSR count). The summed E-state index contributed by atoms with van der Waals surface area (Å²) in [6.45, 7) is 3.99. The summed E-state index contributed by atoms with van der Waals surface area (Å²) in [5.41, 5.74) is 3.35. The number of aliphatic carboxylic acids is 1. The topological polar surface area (TPSA) is 91.3 Å². The van der Waals surface area contributed by atoms with Crippen LogP contribution in [0.5, 0.6) is 0 Å². The predicted molar refractivity (Wildman–Crippen MR) is 106 cm³/mol. The summed E-state index contributed by atoms with van der Waals surface area (Å²) in [6, 6.07) is 2.00. The highest BCUT2D eigenvalue weighted by Gasteiger charge is 2.16. The maximum atomic E-state index is 12.3. The Labute approximate surface area is 161 Å². The van der Waals surface area contributed by atoms with Crippen LogP contribution in [-0.4, -0.2) is 41.6 Å². The number of hydrogen-bond donors (Lipinski definition) is 3. The zero-order valence-electron chi connectivity index (χ0n) is 16.2. The van der Waals surface area contributed by atoms with Crippen molar-refractivity contribution in [2.45, 2.75) is 51.9 Å². The zero-order chi connectivity index (χ0) is 19.5. The minimum Gasteiger partial charge on any atom is -0.481 e. The molecular weight excluding hydrogens is 342 g/mol. The van der Waals surface area contributed by atoms with Gasteiger partial charge < -0.3 is 15.7 Å². The fraction of sp³-hybridized carbons (Fsp3) is 0.571. The molecule has 1 aliphatic heterocycles. The van der Waals surface area contributed by atoms with Crippen molar-refractivity contribution >= 4 is 11.9 Å². The number of rotatable bonds is 6. The number of hydrogen-bond acceptors (Lipinski definition) is 4. The van der Waals surface area contributed by atoms with Crippen LogP contribution < -0.4 is 10.6 Å². The fourth-order valence-electron chi connectivity index (χ4n) is 3.52. The Kier molecular flexibility index (Phi) is 8.98. The average Bonchev–Trinajstić information content (AvgIpc) is 3.15. The lowest BCUT2D eigenvalue weighted by molar-refractivity contribution is -0.134. The number of amides is 1. The number of carbonyl (C=O) groups is 2. The lowest BCUT2D eigenvalue weighted by Crippen LogP contribution is -2.25. The second-order valence-corrected chi connectivity index (χ2v) is 7.28. The van der Waals surface area contributed by atoms with Crippen LogP contribution in [0, 0.1) is 5.92 Å². The summed E-state index contributed by atoms with van der Waals surface area (Å²) in [4.78, 5) is 25.5. The molecule has 1 aromatic heterocycles. The smallest absolute Gasteiger partial charge is 0.300 e. The van der Waals surface area contributed by atoms with Gasteiger partial charge in [0.2, 0.25) is 0 Å². The van der Waals surface area contributed by atoms with Crippen molar-refractivity contribution in [1.29, 1.82) is 0 Å². The molecule has 0 spiro atoms. The lowest BCUT2D eigenvalue weighted by Gasteiger charge is -2.13. The second kappa shape index (κ2) is 11.5. The Morgan fingerprint density at radius 3 is 2.81 bits per heavy atom. The SMILES string of the molecule is CC(=O)O.O=C(NCCC1=CCCCC1)c1cncc(CC2CCNC2)c1. The van der Waals surface area contributed by atoms with Gasteiger partial charge in [-0.15, -0.1) is 0 Å². The third kappa shape index (κ3) is 8.35. The van der Waals surface area contributed by atoms with Crippen molar-refractivity contribution in [2.24, 2.45) is 5.92 Å². The third-order valence-electron chi connectivity index (χ3n) is 4.86. The Hall–Kier alpha value is -2.21. The number of carboxylic acid groups (broad SMARTS) is 1. The molecule has 0 aromatic carbocycles. The zero-order valence-corrected chi connectivity index (χ0v) is 16.2. The first-order valence-electron chi connectivity index (χ1n) is 9.85. The van der Waals surface area contributed by atoms with Crippen LogP contribution in [-0.2, 0) is 11.2 Å². The van der Waals surface area contributed by atoms with E-state index in [2.05, 4.69) is 21.7 Å². The van der Waals surface area contributed by atoms with Crippen molar-refractivity contribution in [1.82, 2.24) is 15.6 Å². The number of nitrogens with one attached hydrogen (secondary N) is 2. The van der Waals surface area contributed by atoms with E-state index in [9.17, 15) is 4.79 Å². The van der Waals surface area contributed by atoms with Gasteiger partial charge in [-0.25, -0.2) is 0 Å². The first-order valence-corrected chi connectivity index (χ1v) is 9.85. The quantitative estimate of drug-likeness (QED) is 0.667. The summed E-state index contributed by atoms with van der Waals surface area (Å²) in [7, 11) is 0. The summed E-state index contributed by atoms with van der Waals surface area (Å²) in [6.07, 6.45) is 14.1. The normalized spacial score (nSPS) is 18.9. The van der Waals surface area contributed by atoms with E-state index in [1.807, 2.05) is 12.3 Å². The molecule has 2 aliphatic rings. The van der Waals surface area contributed by atoms with Gasteiger partial charge in [-0.3, -0.25) is 14.6 Å². The maximum absolute atomic E-state index is 12.3. The molecule has 2 heterocycles. The Bertz CT molecular complexity index is 648. The fourth-order valence-corrected chi connectivity index (χ4v) is 3.52. The van der Waals surface area contributed by atoms with Crippen LogP contribution in [0.4, 0.5) is 0 Å². The van der Waals surface area contributed by atoms with E-state index in [0.717, 1.165) is 39.4 Å². The molecule has 1 amide bonds. The summed E-state index contributed by atoms with van der Waals surface area (Å²) < 4.78 is 0. The number of pyridine rings is 1. The Morgan fingerprint density at radius 1 is 1.33 bits per heavy atom. The molecule has 6 nitrogen and oxygen atoms in total. The van der Waals surface area contributed by atoms with E-state index in [0.29, 0.717) is 11.5 Å². The van der Waals surface area contributed by atoms with Crippen molar-refractivity contribution in [3.63, 3.8) is 0 Å². The summed E-state index contributed by atoms with van der Waals surface area (Å²) >= 11 is 0. The minimum atomic E-state index is -0.833. The van der Waals surface area contributed by atoms with E-state index in [1.54, 1.807) is 6.20 Å². The van der Waals surface area contributed by atoms with Gasteiger partial charge in [0.05, 0.1) is 5.56 Å². The molecule has 1 fully saturated rings. The van der Waals surface area contributed by atoms with Crippen molar-refractivity contribution in [3.05, 3.63) is 41.2 Å². The maximum Gasteiger partial charge on any atom is 0.300 e. The van der Waals surface area contributed by atoms with Crippen LogP contribution in [0.15, 0.2) is 30.1 Å². The Morgan fingerprint density at radius 2 is 2.15 bits per heavy atom.